The summed E-state index contributed by atoms with van der Waals surface area (Å²) in [6.45, 7) is 1.54. The summed E-state index contributed by atoms with van der Waals surface area (Å²) in [7, 11) is -3.38. The van der Waals surface area contributed by atoms with E-state index in [0.717, 1.165) is 31.9 Å². The fourth-order valence-corrected chi connectivity index (χ4v) is 4.89. The number of anilines is 1. The summed E-state index contributed by atoms with van der Waals surface area (Å²) in [5.74, 6) is -0.813. The lowest BCUT2D eigenvalue weighted by Crippen LogP contribution is -2.24. The van der Waals surface area contributed by atoms with E-state index < -0.39 is 22.1 Å². The van der Waals surface area contributed by atoms with Crippen molar-refractivity contribution in [3.05, 3.63) is 51.2 Å². The Morgan fingerprint density at radius 1 is 1.11 bits per heavy atom. The molecule has 1 aliphatic carbocycles. The third kappa shape index (κ3) is 5.20. The van der Waals surface area contributed by atoms with Gasteiger partial charge in [-0.05, 0) is 68.5 Å². The van der Waals surface area contributed by atoms with Gasteiger partial charge in [0.15, 0.2) is 6.10 Å². The molecule has 1 atom stereocenters. The molecule has 1 aliphatic rings. The summed E-state index contributed by atoms with van der Waals surface area (Å²) < 4.78 is 30.2. The number of Topliss-reactive ketones (excluding diaryl/α,β-unsaturated/α-hetero) is 1. The molecule has 3 rings (SSSR count). The van der Waals surface area contributed by atoms with E-state index in [1.165, 1.54) is 52.5 Å². The SMILES string of the molecule is C[C@@H](OC(=O)c1cc2c(s1)CCCCC2)C(=O)c1ccc(NS(C)(=O)=O)cc1. The number of esters is 1. The number of benzene rings is 1. The second-order valence-corrected chi connectivity index (χ2v) is 9.87. The van der Waals surface area contributed by atoms with Gasteiger partial charge in [0.25, 0.3) is 0 Å². The molecule has 0 spiro atoms. The van der Waals surface area contributed by atoms with Gasteiger partial charge in [-0.25, -0.2) is 13.2 Å². The standard InChI is InChI=1S/C20H23NO5S2/c1-13(19(22)14-8-10-16(11-9-14)21-28(2,24)25)26-20(23)18-12-15-6-4-3-5-7-17(15)27-18/h8-13,21H,3-7H2,1-2H3/t13-/m1/s1. The highest BCUT2D eigenvalue weighted by Gasteiger charge is 2.23. The minimum Gasteiger partial charge on any atom is -0.450 e. The van der Waals surface area contributed by atoms with E-state index in [2.05, 4.69) is 4.72 Å². The van der Waals surface area contributed by atoms with E-state index in [9.17, 15) is 18.0 Å². The summed E-state index contributed by atoms with van der Waals surface area (Å²) in [6.07, 6.45) is 5.60. The van der Waals surface area contributed by atoms with Crippen LogP contribution in [0.2, 0.25) is 0 Å². The molecule has 0 saturated carbocycles. The van der Waals surface area contributed by atoms with Gasteiger partial charge in [-0.15, -0.1) is 11.3 Å². The van der Waals surface area contributed by atoms with E-state index in [0.29, 0.717) is 16.1 Å². The number of aryl methyl sites for hydroxylation is 2. The fraction of sp³-hybridized carbons (Fsp3) is 0.400. The van der Waals surface area contributed by atoms with Gasteiger partial charge in [0.1, 0.15) is 4.88 Å². The first-order chi connectivity index (χ1) is 13.2. The molecule has 1 heterocycles. The summed E-state index contributed by atoms with van der Waals surface area (Å²) in [6, 6.07) is 7.91. The quantitative estimate of drug-likeness (QED) is 0.435. The van der Waals surface area contributed by atoms with Crippen LogP contribution in [0.1, 0.15) is 56.7 Å². The molecular weight excluding hydrogens is 398 g/mol. The molecule has 0 amide bonds. The van der Waals surface area contributed by atoms with Gasteiger partial charge < -0.3 is 4.74 Å². The Hall–Kier alpha value is -2.19. The van der Waals surface area contributed by atoms with Crippen LogP contribution in [0.25, 0.3) is 0 Å². The number of ether oxygens (including phenoxy) is 1. The first-order valence-corrected chi connectivity index (χ1v) is 11.9. The normalized spacial score (nSPS) is 15.2. The van der Waals surface area contributed by atoms with Gasteiger partial charge >= 0.3 is 5.97 Å². The van der Waals surface area contributed by atoms with E-state index in [1.54, 1.807) is 6.92 Å². The highest BCUT2D eigenvalue weighted by Crippen LogP contribution is 2.29. The zero-order valence-electron chi connectivity index (χ0n) is 15.9. The molecule has 6 nitrogen and oxygen atoms in total. The van der Waals surface area contributed by atoms with Crippen LogP contribution < -0.4 is 4.72 Å². The molecule has 8 heteroatoms. The van der Waals surface area contributed by atoms with Crippen molar-refractivity contribution in [1.82, 2.24) is 0 Å². The van der Waals surface area contributed by atoms with Crippen LogP contribution in [0.5, 0.6) is 0 Å². The number of fused-ring (bicyclic) bond motifs is 1. The molecule has 0 unspecified atom stereocenters. The minimum absolute atomic E-state index is 0.336. The van der Waals surface area contributed by atoms with Crippen molar-refractivity contribution < 1.29 is 22.7 Å². The van der Waals surface area contributed by atoms with Gasteiger partial charge in [-0.1, -0.05) is 6.42 Å². The Bertz CT molecular complexity index is 953. The van der Waals surface area contributed by atoms with Gasteiger partial charge in [0.05, 0.1) is 6.26 Å². The molecule has 2 aromatic rings. The molecule has 1 N–H and O–H groups in total. The van der Waals surface area contributed by atoms with Crippen molar-refractivity contribution in [1.29, 1.82) is 0 Å². The number of nitrogens with one attached hydrogen (secondary N) is 1. The Kier molecular flexibility index (Phi) is 6.20. The van der Waals surface area contributed by atoms with Crippen LogP contribution in [0.4, 0.5) is 5.69 Å². The minimum atomic E-state index is -3.38. The maximum absolute atomic E-state index is 12.5. The predicted octanol–water partition coefficient (Wildman–Crippen LogP) is 3.82. The van der Waals surface area contributed by atoms with Crippen molar-refractivity contribution in [2.45, 2.75) is 45.1 Å². The van der Waals surface area contributed by atoms with Crippen molar-refractivity contribution in [3.63, 3.8) is 0 Å². The van der Waals surface area contributed by atoms with Crippen molar-refractivity contribution in [3.8, 4) is 0 Å². The number of hydrogen-bond donors (Lipinski definition) is 1. The molecule has 150 valence electrons. The second kappa shape index (κ2) is 8.45. The lowest BCUT2D eigenvalue weighted by molar-refractivity contribution is 0.0323. The van der Waals surface area contributed by atoms with Gasteiger partial charge in [0.2, 0.25) is 15.8 Å². The number of rotatable bonds is 6. The van der Waals surface area contributed by atoms with Crippen molar-refractivity contribution in [2.24, 2.45) is 0 Å². The second-order valence-electron chi connectivity index (χ2n) is 6.98. The molecule has 28 heavy (non-hydrogen) atoms. The Morgan fingerprint density at radius 2 is 1.79 bits per heavy atom. The first kappa shape index (κ1) is 20.5. The molecule has 0 fully saturated rings. The smallest absolute Gasteiger partial charge is 0.349 e. The Labute approximate surface area is 169 Å². The fourth-order valence-electron chi connectivity index (χ4n) is 3.19. The topological polar surface area (TPSA) is 89.5 Å². The summed E-state index contributed by atoms with van der Waals surface area (Å²) >= 11 is 1.46. The molecule has 0 radical (unpaired) electrons. The monoisotopic (exact) mass is 421 g/mol. The molecular formula is C20H23NO5S2. The maximum atomic E-state index is 12.5. The molecule has 1 aromatic carbocycles. The van der Waals surface area contributed by atoms with Crippen LogP contribution in [-0.2, 0) is 27.6 Å². The highest BCUT2D eigenvalue weighted by atomic mass is 32.2. The zero-order valence-corrected chi connectivity index (χ0v) is 17.5. The van der Waals surface area contributed by atoms with E-state index >= 15 is 0 Å². The molecule has 0 bridgehead atoms. The zero-order chi connectivity index (χ0) is 20.3. The first-order valence-electron chi connectivity index (χ1n) is 9.17. The average Bonchev–Trinajstić information content (AvgIpc) is 2.91. The predicted molar refractivity (Wildman–Crippen MR) is 110 cm³/mol. The van der Waals surface area contributed by atoms with Crippen LogP contribution in [-0.4, -0.2) is 32.5 Å². The number of ketones is 1. The lowest BCUT2D eigenvalue weighted by atomic mass is 10.1. The number of hydrogen-bond acceptors (Lipinski definition) is 6. The number of carbonyl (C=O) groups is 2. The largest absolute Gasteiger partial charge is 0.450 e. The maximum Gasteiger partial charge on any atom is 0.349 e. The Morgan fingerprint density at radius 3 is 2.46 bits per heavy atom. The molecule has 1 aromatic heterocycles. The van der Waals surface area contributed by atoms with Gasteiger partial charge in [-0.3, -0.25) is 9.52 Å². The van der Waals surface area contributed by atoms with Crippen molar-refractivity contribution in [2.75, 3.05) is 11.0 Å². The Balaban J connectivity index is 1.64. The van der Waals surface area contributed by atoms with Crippen LogP contribution in [0.3, 0.4) is 0 Å². The average molecular weight is 422 g/mol. The third-order valence-electron chi connectivity index (χ3n) is 4.57. The van der Waals surface area contributed by atoms with E-state index in [1.807, 2.05) is 6.07 Å². The van der Waals surface area contributed by atoms with Gasteiger partial charge in [0, 0.05) is 16.1 Å². The number of sulfonamides is 1. The summed E-state index contributed by atoms with van der Waals surface area (Å²) in [4.78, 5) is 26.8. The lowest BCUT2D eigenvalue weighted by Gasteiger charge is -2.12. The van der Waals surface area contributed by atoms with Crippen molar-refractivity contribution >= 4 is 38.8 Å². The van der Waals surface area contributed by atoms with Crippen LogP contribution in [0.15, 0.2) is 30.3 Å². The van der Waals surface area contributed by atoms with Crippen LogP contribution >= 0.6 is 11.3 Å². The van der Waals surface area contributed by atoms with E-state index in [-0.39, 0.29) is 5.78 Å². The van der Waals surface area contributed by atoms with Gasteiger partial charge in [-0.2, -0.15) is 0 Å². The van der Waals surface area contributed by atoms with Crippen LogP contribution in [0, 0.1) is 0 Å². The summed E-state index contributed by atoms with van der Waals surface area (Å²) in [5.41, 5.74) is 1.94. The highest BCUT2D eigenvalue weighted by molar-refractivity contribution is 7.92. The third-order valence-corrected chi connectivity index (χ3v) is 6.40. The number of thiophene rings is 1. The molecule has 0 saturated heterocycles. The molecule has 0 aliphatic heterocycles. The number of carbonyl (C=O) groups excluding carboxylic acids is 2. The summed E-state index contributed by atoms with van der Waals surface area (Å²) in [5, 5.41) is 0. The van der Waals surface area contributed by atoms with E-state index in [4.69, 9.17) is 4.74 Å².